The molecular weight excluding hydrogens is 294 g/mol. The Labute approximate surface area is 115 Å². The molecule has 0 atom stereocenters. The number of anilines is 1. The summed E-state index contributed by atoms with van der Waals surface area (Å²) in [5.41, 5.74) is 5.07. The molecule has 0 bridgehead atoms. The lowest BCUT2D eigenvalue weighted by Crippen LogP contribution is -2.36. The van der Waals surface area contributed by atoms with Gasteiger partial charge in [0.15, 0.2) is 4.90 Å². The van der Waals surface area contributed by atoms with Crippen LogP contribution in [0.15, 0.2) is 17.0 Å². The van der Waals surface area contributed by atoms with Gasteiger partial charge in [-0.3, -0.25) is 0 Å². The second-order valence-electron chi connectivity index (χ2n) is 4.60. The lowest BCUT2D eigenvalue weighted by Gasteiger charge is -2.22. The Balaban J connectivity index is 3.09. The predicted octanol–water partition coefficient (Wildman–Crippen LogP) is 1.97. The van der Waals surface area contributed by atoms with Crippen molar-refractivity contribution in [3.63, 3.8) is 0 Å². The van der Waals surface area contributed by atoms with E-state index in [0.29, 0.717) is 0 Å². The molecular formula is C11H16F2N2O2S2. The van der Waals surface area contributed by atoms with Crippen molar-refractivity contribution < 1.29 is 17.2 Å². The van der Waals surface area contributed by atoms with E-state index in [1.807, 2.05) is 20.1 Å². The zero-order valence-electron chi connectivity index (χ0n) is 10.8. The molecule has 0 aliphatic rings. The molecule has 108 valence electrons. The monoisotopic (exact) mass is 310 g/mol. The molecule has 1 rings (SSSR count). The Morgan fingerprint density at radius 3 is 2.21 bits per heavy atom. The summed E-state index contributed by atoms with van der Waals surface area (Å²) in [4.78, 5) is -1.00. The van der Waals surface area contributed by atoms with Crippen LogP contribution in [0, 0.1) is 11.6 Å². The third-order valence-electron chi connectivity index (χ3n) is 2.53. The van der Waals surface area contributed by atoms with Crippen molar-refractivity contribution in [2.24, 2.45) is 0 Å². The first-order chi connectivity index (χ1) is 8.59. The minimum absolute atomic E-state index is 0.0553. The van der Waals surface area contributed by atoms with Crippen molar-refractivity contribution in [3.8, 4) is 0 Å². The fourth-order valence-electron chi connectivity index (χ4n) is 1.25. The van der Waals surface area contributed by atoms with Crippen molar-refractivity contribution in [2.75, 3.05) is 18.5 Å². The van der Waals surface area contributed by atoms with Crippen LogP contribution in [0.5, 0.6) is 0 Å². The van der Waals surface area contributed by atoms with E-state index >= 15 is 0 Å². The van der Waals surface area contributed by atoms with Crippen molar-refractivity contribution in [3.05, 3.63) is 23.8 Å². The molecule has 0 heterocycles. The molecule has 0 amide bonds. The number of rotatable bonds is 5. The van der Waals surface area contributed by atoms with E-state index in [-0.39, 0.29) is 17.0 Å². The molecule has 0 radical (unpaired) electrons. The smallest absolute Gasteiger partial charge is 0.246 e. The topological polar surface area (TPSA) is 72.2 Å². The maximum atomic E-state index is 13.6. The van der Waals surface area contributed by atoms with Crippen LogP contribution in [0.25, 0.3) is 0 Å². The minimum Gasteiger partial charge on any atom is -0.399 e. The molecule has 1 aromatic rings. The van der Waals surface area contributed by atoms with Gasteiger partial charge in [0, 0.05) is 17.0 Å². The van der Waals surface area contributed by atoms with Crippen molar-refractivity contribution in [2.45, 2.75) is 23.5 Å². The van der Waals surface area contributed by atoms with Gasteiger partial charge in [-0.25, -0.2) is 21.9 Å². The highest BCUT2D eigenvalue weighted by Gasteiger charge is 2.27. The molecule has 4 nitrogen and oxygen atoms in total. The first-order valence-corrected chi connectivity index (χ1v) is 8.09. The van der Waals surface area contributed by atoms with Gasteiger partial charge >= 0.3 is 0 Å². The lowest BCUT2D eigenvalue weighted by atomic mass is 10.2. The number of nitrogens with one attached hydrogen (secondary N) is 1. The summed E-state index contributed by atoms with van der Waals surface area (Å²) in [5.74, 6) is -2.40. The number of nitrogen functional groups attached to an aromatic ring is 1. The Morgan fingerprint density at radius 2 is 1.79 bits per heavy atom. The zero-order valence-corrected chi connectivity index (χ0v) is 12.5. The highest BCUT2D eigenvalue weighted by molar-refractivity contribution is 8.00. The number of sulfonamides is 1. The maximum Gasteiger partial charge on any atom is 0.246 e. The first kappa shape index (κ1) is 16.2. The average Bonchev–Trinajstić information content (AvgIpc) is 2.25. The summed E-state index contributed by atoms with van der Waals surface area (Å²) < 4.78 is 52.8. The molecule has 0 aliphatic carbocycles. The molecule has 0 aliphatic heterocycles. The molecule has 8 heteroatoms. The molecule has 0 unspecified atom stereocenters. The Morgan fingerprint density at radius 1 is 1.32 bits per heavy atom. The SMILES string of the molecule is CSC(C)(C)CNS(=O)(=O)c1c(F)cc(N)cc1F. The summed E-state index contributed by atoms with van der Waals surface area (Å²) in [6, 6.07) is 1.55. The lowest BCUT2D eigenvalue weighted by molar-refractivity contribution is 0.512. The van der Waals surface area contributed by atoms with Gasteiger partial charge < -0.3 is 5.73 Å². The van der Waals surface area contributed by atoms with Gasteiger partial charge in [0.1, 0.15) is 11.6 Å². The average molecular weight is 310 g/mol. The maximum absolute atomic E-state index is 13.6. The fraction of sp³-hybridized carbons (Fsp3) is 0.455. The van der Waals surface area contributed by atoms with Crippen LogP contribution in [0.1, 0.15) is 13.8 Å². The largest absolute Gasteiger partial charge is 0.399 e. The second kappa shape index (κ2) is 5.64. The number of benzene rings is 1. The molecule has 0 fully saturated rings. The predicted molar refractivity (Wildman–Crippen MR) is 73.6 cm³/mol. The van der Waals surface area contributed by atoms with E-state index in [2.05, 4.69) is 4.72 Å². The van der Waals surface area contributed by atoms with Crippen LogP contribution in [-0.4, -0.2) is 26.0 Å². The van der Waals surface area contributed by atoms with Gasteiger partial charge in [0.05, 0.1) is 0 Å². The fourth-order valence-corrected chi connectivity index (χ4v) is 2.88. The number of hydrogen-bond donors (Lipinski definition) is 2. The third kappa shape index (κ3) is 4.05. The van der Waals surface area contributed by atoms with Crippen LogP contribution in [0.3, 0.4) is 0 Å². The van der Waals surface area contributed by atoms with Crippen LogP contribution >= 0.6 is 11.8 Å². The second-order valence-corrected chi connectivity index (χ2v) is 7.82. The number of nitrogens with two attached hydrogens (primary N) is 1. The number of thioether (sulfide) groups is 1. The van der Waals surface area contributed by atoms with Gasteiger partial charge in [-0.05, 0) is 32.2 Å². The Bertz CT molecular complexity index is 551. The van der Waals surface area contributed by atoms with Crippen LogP contribution in [0.2, 0.25) is 0 Å². The summed E-state index contributed by atoms with van der Waals surface area (Å²) in [5, 5.41) is 0. The summed E-state index contributed by atoms with van der Waals surface area (Å²) in [6.45, 7) is 3.69. The van der Waals surface area contributed by atoms with E-state index in [0.717, 1.165) is 12.1 Å². The number of hydrogen-bond acceptors (Lipinski definition) is 4. The molecule has 0 saturated heterocycles. The van der Waals surface area contributed by atoms with Gasteiger partial charge in [-0.15, -0.1) is 0 Å². The normalized spacial score (nSPS) is 12.7. The molecule has 0 spiro atoms. The van der Waals surface area contributed by atoms with Crippen LogP contribution < -0.4 is 10.5 Å². The summed E-state index contributed by atoms with van der Waals surface area (Å²) >= 11 is 1.44. The molecule has 1 aromatic carbocycles. The number of halogens is 2. The highest BCUT2D eigenvalue weighted by Crippen LogP contribution is 2.24. The third-order valence-corrected chi connectivity index (χ3v) is 5.23. The van der Waals surface area contributed by atoms with Crippen molar-refractivity contribution in [1.82, 2.24) is 4.72 Å². The van der Waals surface area contributed by atoms with Crippen LogP contribution in [-0.2, 0) is 10.0 Å². The van der Waals surface area contributed by atoms with Crippen LogP contribution in [0.4, 0.5) is 14.5 Å². The standard InChI is InChI=1S/C11H16F2N2O2S2/c1-11(2,18-3)6-15-19(16,17)10-8(12)4-7(14)5-9(10)13/h4-5,15H,6,14H2,1-3H3. The Hall–Kier alpha value is -0.860. The van der Waals surface area contributed by atoms with Gasteiger partial charge in [0.25, 0.3) is 0 Å². The van der Waals surface area contributed by atoms with Crippen molar-refractivity contribution >= 4 is 27.5 Å². The van der Waals surface area contributed by atoms with Crippen molar-refractivity contribution in [1.29, 1.82) is 0 Å². The minimum atomic E-state index is -4.25. The molecule has 0 saturated carbocycles. The van der Waals surface area contributed by atoms with E-state index in [4.69, 9.17) is 5.73 Å². The molecule has 3 N–H and O–H groups in total. The summed E-state index contributed by atoms with van der Waals surface area (Å²) in [6.07, 6.45) is 1.82. The molecule has 19 heavy (non-hydrogen) atoms. The highest BCUT2D eigenvalue weighted by atomic mass is 32.2. The van der Waals surface area contributed by atoms with E-state index < -0.39 is 26.6 Å². The van der Waals surface area contributed by atoms with Gasteiger partial charge in [-0.1, -0.05) is 0 Å². The first-order valence-electron chi connectivity index (χ1n) is 5.38. The van der Waals surface area contributed by atoms with Gasteiger partial charge in [-0.2, -0.15) is 11.8 Å². The quantitative estimate of drug-likeness (QED) is 0.816. The van der Waals surface area contributed by atoms with Gasteiger partial charge in [0.2, 0.25) is 10.0 Å². The molecule has 0 aromatic heterocycles. The zero-order chi connectivity index (χ0) is 14.8. The van der Waals surface area contributed by atoms with E-state index in [1.54, 1.807) is 0 Å². The summed E-state index contributed by atoms with van der Waals surface area (Å²) in [7, 11) is -4.25. The Kier molecular flexibility index (Phi) is 4.81. The van der Waals surface area contributed by atoms with E-state index in [9.17, 15) is 17.2 Å². The van der Waals surface area contributed by atoms with E-state index in [1.165, 1.54) is 11.8 Å².